The quantitative estimate of drug-likeness (QED) is 0.576. The maximum atomic E-state index is 5.95. The number of hydrogen-bond acceptors (Lipinski definition) is 4. The average Bonchev–Trinajstić information content (AvgIpc) is 3.11. The smallest absolute Gasteiger partial charge is 0.186 e. The highest BCUT2D eigenvalue weighted by Gasteiger charge is 2.25. The molecule has 2 fully saturated rings. The molecule has 2 aliphatic rings. The molecule has 0 aromatic carbocycles. The fourth-order valence-corrected chi connectivity index (χ4v) is 5.54. The van der Waals surface area contributed by atoms with Crippen LogP contribution in [0.15, 0.2) is 0 Å². The van der Waals surface area contributed by atoms with E-state index in [0.717, 1.165) is 39.5 Å². The van der Waals surface area contributed by atoms with Gasteiger partial charge in [-0.2, -0.15) is 0 Å². The van der Waals surface area contributed by atoms with Crippen molar-refractivity contribution in [3.05, 3.63) is 0 Å². The van der Waals surface area contributed by atoms with Crippen molar-refractivity contribution in [3.63, 3.8) is 0 Å². The van der Waals surface area contributed by atoms with Crippen molar-refractivity contribution in [3.8, 4) is 0 Å². The lowest BCUT2D eigenvalue weighted by Crippen LogP contribution is -2.39. The van der Waals surface area contributed by atoms with Crippen LogP contribution in [0, 0.1) is 0 Å². The van der Waals surface area contributed by atoms with Gasteiger partial charge in [-0.05, 0) is 64.7 Å². The van der Waals surface area contributed by atoms with Gasteiger partial charge in [0.15, 0.2) is 8.32 Å². The van der Waals surface area contributed by atoms with E-state index in [1.54, 1.807) is 0 Å². The Hall–Kier alpha value is 0.0569. The fraction of sp³-hybridized carbons (Fsp3) is 1.00. The summed E-state index contributed by atoms with van der Waals surface area (Å²) in [6, 6.07) is 1.24. The first-order valence-corrected chi connectivity index (χ1v) is 12.3. The highest BCUT2D eigenvalue weighted by atomic mass is 28.4. The molecule has 0 aromatic heterocycles. The summed E-state index contributed by atoms with van der Waals surface area (Å²) in [7, 11) is -1.45. The molecule has 4 nitrogen and oxygen atoms in total. The molecule has 5 heteroatoms. The molecule has 130 valence electrons. The SMILES string of the molecule is CCO[Si](C)(C)CCCN(CC1CCCO1)CC1CCCO1. The third-order valence-corrected chi connectivity index (χ3v) is 7.39. The lowest BCUT2D eigenvalue weighted by molar-refractivity contribution is 0.0376. The highest BCUT2D eigenvalue weighted by molar-refractivity contribution is 6.71. The van der Waals surface area contributed by atoms with Crippen LogP contribution in [-0.4, -0.2) is 64.9 Å². The van der Waals surface area contributed by atoms with Gasteiger partial charge in [-0.1, -0.05) is 0 Å². The van der Waals surface area contributed by atoms with E-state index in [2.05, 4.69) is 24.9 Å². The van der Waals surface area contributed by atoms with Crippen LogP contribution in [0.4, 0.5) is 0 Å². The van der Waals surface area contributed by atoms with Crippen LogP contribution >= 0.6 is 0 Å². The Labute approximate surface area is 137 Å². The topological polar surface area (TPSA) is 30.9 Å². The van der Waals surface area contributed by atoms with Gasteiger partial charge in [0.2, 0.25) is 0 Å². The zero-order valence-corrected chi connectivity index (χ0v) is 15.8. The van der Waals surface area contributed by atoms with E-state index in [9.17, 15) is 0 Å². The minimum absolute atomic E-state index is 0.443. The Bertz CT molecular complexity index is 284. The van der Waals surface area contributed by atoms with Crippen molar-refractivity contribution in [2.24, 2.45) is 0 Å². The van der Waals surface area contributed by atoms with E-state index >= 15 is 0 Å². The van der Waals surface area contributed by atoms with E-state index in [-0.39, 0.29) is 0 Å². The van der Waals surface area contributed by atoms with Crippen LogP contribution in [0.5, 0.6) is 0 Å². The number of rotatable bonds is 10. The molecule has 0 radical (unpaired) electrons. The fourth-order valence-electron chi connectivity index (χ4n) is 3.60. The largest absolute Gasteiger partial charge is 0.418 e. The summed E-state index contributed by atoms with van der Waals surface area (Å²) in [5.74, 6) is 0. The van der Waals surface area contributed by atoms with Crippen molar-refractivity contribution in [1.29, 1.82) is 0 Å². The molecule has 0 aliphatic carbocycles. The molecule has 0 saturated carbocycles. The van der Waals surface area contributed by atoms with Crippen molar-refractivity contribution in [1.82, 2.24) is 4.90 Å². The molecule has 2 rings (SSSR count). The van der Waals surface area contributed by atoms with Gasteiger partial charge in [0.1, 0.15) is 0 Å². The molecule has 0 bridgehead atoms. The molecule has 22 heavy (non-hydrogen) atoms. The van der Waals surface area contributed by atoms with Crippen LogP contribution in [0.25, 0.3) is 0 Å². The maximum absolute atomic E-state index is 5.95. The maximum Gasteiger partial charge on any atom is 0.186 e. The number of ether oxygens (including phenoxy) is 2. The van der Waals surface area contributed by atoms with E-state index in [1.807, 2.05) is 0 Å². The molecular formula is C17H35NO3Si. The summed E-state index contributed by atoms with van der Waals surface area (Å²) >= 11 is 0. The Morgan fingerprint density at radius 2 is 1.64 bits per heavy atom. The first-order valence-electron chi connectivity index (χ1n) is 9.18. The average molecular weight is 330 g/mol. The summed E-state index contributed by atoms with van der Waals surface area (Å²) in [5.41, 5.74) is 0. The van der Waals surface area contributed by atoms with Gasteiger partial charge in [0.05, 0.1) is 12.2 Å². The summed E-state index contributed by atoms with van der Waals surface area (Å²) in [4.78, 5) is 2.59. The third kappa shape index (κ3) is 6.67. The van der Waals surface area contributed by atoms with E-state index in [4.69, 9.17) is 13.9 Å². The van der Waals surface area contributed by atoms with Gasteiger partial charge in [-0.15, -0.1) is 0 Å². The van der Waals surface area contributed by atoms with Gasteiger partial charge in [-0.25, -0.2) is 0 Å². The van der Waals surface area contributed by atoms with Gasteiger partial charge in [0, 0.05) is 32.9 Å². The first kappa shape index (κ1) is 18.4. The lowest BCUT2D eigenvalue weighted by Gasteiger charge is -2.29. The summed E-state index contributed by atoms with van der Waals surface area (Å²) in [5, 5.41) is 0. The zero-order chi connectivity index (χ0) is 15.8. The Morgan fingerprint density at radius 1 is 1.05 bits per heavy atom. The van der Waals surface area contributed by atoms with Crippen LogP contribution < -0.4 is 0 Å². The summed E-state index contributed by atoms with van der Waals surface area (Å²) in [6.07, 6.45) is 7.02. The second-order valence-electron chi connectivity index (χ2n) is 7.33. The molecule has 2 atom stereocenters. The van der Waals surface area contributed by atoms with Gasteiger partial charge in [0.25, 0.3) is 0 Å². The number of nitrogens with zero attached hydrogens (tertiary/aromatic N) is 1. The number of hydrogen-bond donors (Lipinski definition) is 0. The highest BCUT2D eigenvalue weighted by Crippen LogP contribution is 2.19. The molecule has 2 heterocycles. The normalized spacial score (nSPS) is 26.2. The molecule has 0 N–H and O–H groups in total. The van der Waals surface area contributed by atoms with Crippen molar-refractivity contribution in [2.75, 3.05) is 39.5 Å². The Morgan fingerprint density at radius 3 is 2.09 bits per heavy atom. The second kappa shape index (κ2) is 9.38. The van der Waals surface area contributed by atoms with Crippen LogP contribution in [0.1, 0.15) is 39.0 Å². The van der Waals surface area contributed by atoms with Crippen molar-refractivity contribution < 1.29 is 13.9 Å². The molecule has 0 spiro atoms. The van der Waals surface area contributed by atoms with Crippen LogP contribution in [0.3, 0.4) is 0 Å². The van der Waals surface area contributed by atoms with Gasteiger partial charge >= 0.3 is 0 Å². The molecule has 0 aromatic rings. The third-order valence-electron chi connectivity index (χ3n) is 4.76. The Kier molecular flexibility index (Phi) is 7.84. The molecule has 2 unspecified atom stereocenters. The van der Waals surface area contributed by atoms with E-state index in [1.165, 1.54) is 38.1 Å². The predicted octanol–water partition coefficient (Wildman–Crippen LogP) is 3.28. The van der Waals surface area contributed by atoms with Gasteiger partial charge in [-0.3, -0.25) is 4.90 Å². The van der Waals surface area contributed by atoms with Gasteiger partial charge < -0.3 is 13.9 Å². The van der Waals surface area contributed by atoms with E-state index in [0.29, 0.717) is 12.2 Å². The second-order valence-corrected chi connectivity index (χ2v) is 11.6. The minimum Gasteiger partial charge on any atom is -0.418 e. The first-order chi connectivity index (χ1) is 10.6. The molecule has 2 aliphatic heterocycles. The Balaban J connectivity index is 1.75. The minimum atomic E-state index is -1.45. The van der Waals surface area contributed by atoms with Crippen LogP contribution in [0.2, 0.25) is 19.1 Å². The molecule has 0 amide bonds. The van der Waals surface area contributed by atoms with E-state index < -0.39 is 8.32 Å². The zero-order valence-electron chi connectivity index (χ0n) is 14.8. The summed E-state index contributed by atoms with van der Waals surface area (Å²) < 4.78 is 17.6. The predicted molar refractivity (Wildman–Crippen MR) is 92.9 cm³/mol. The van der Waals surface area contributed by atoms with Crippen LogP contribution in [-0.2, 0) is 13.9 Å². The van der Waals surface area contributed by atoms with Crippen molar-refractivity contribution >= 4 is 8.32 Å². The summed E-state index contributed by atoms with van der Waals surface area (Å²) in [6.45, 7) is 12.8. The van der Waals surface area contributed by atoms with Crippen molar-refractivity contribution in [2.45, 2.75) is 70.4 Å². The molecular weight excluding hydrogens is 294 g/mol. The molecule has 2 saturated heterocycles. The lowest BCUT2D eigenvalue weighted by atomic mass is 10.2. The standard InChI is InChI=1S/C17H35NO3Si/c1-4-21-22(2,3)13-7-10-18(14-16-8-5-11-19-16)15-17-9-6-12-20-17/h16-17H,4-15H2,1-3H3. The monoisotopic (exact) mass is 329 g/mol.